The number of allylic oxidation sites excluding steroid dienone is 2. The number of esters is 1. The molecule has 84 valence electrons. The summed E-state index contributed by atoms with van der Waals surface area (Å²) in [5.41, 5.74) is 0.255. The molecule has 2 heteroatoms. The minimum Gasteiger partial charge on any atom is -0.431 e. The molecule has 0 aromatic carbocycles. The van der Waals surface area contributed by atoms with Crippen LogP contribution in [0.5, 0.6) is 0 Å². The molecule has 2 aliphatic rings. The SMILES string of the molecule is CCCC1(C)C=C2OC(=O)C(C)C2CC1. The summed E-state index contributed by atoms with van der Waals surface area (Å²) in [7, 11) is 0. The summed E-state index contributed by atoms with van der Waals surface area (Å²) >= 11 is 0. The van der Waals surface area contributed by atoms with Crippen molar-refractivity contribution in [1.82, 2.24) is 0 Å². The molecule has 0 amide bonds. The molecule has 0 N–H and O–H groups in total. The first-order valence-electron chi connectivity index (χ1n) is 6.00. The highest BCUT2D eigenvalue weighted by molar-refractivity contribution is 5.77. The van der Waals surface area contributed by atoms with E-state index in [9.17, 15) is 4.79 Å². The van der Waals surface area contributed by atoms with Gasteiger partial charge in [-0.15, -0.1) is 0 Å². The van der Waals surface area contributed by atoms with Gasteiger partial charge in [0.15, 0.2) is 0 Å². The largest absolute Gasteiger partial charge is 0.431 e. The zero-order chi connectivity index (χ0) is 11.1. The van der Waals surface area contributed by atoms with Gasteiger partial charge in [-0.05, 0) is 30.8 Å². The van der Waals surface area contributed by atoms with Gasteiger partial charge in [0.2, 0.25) is 0 Å². The third kappa shape index (κ3) is 1.82. The second-order valence-corrected chi connectivity index (χ2v) is 5.31. The lowest BCUT2D eigenvalue weighted by Gasteiger charge is -2.32. The van der Waals surface area contributed by atoms with Crippen LogP contribution in [0.4, 0.5) is 0 Å². The lowest BCUT2D eigenvalue weighted by Crippen LogP contribution is -2.23. The fraction of sp³-hybridized carbons (Fsp3) is 0.769. The lowest BCUT2D eigenvalue weighted by molar-refractivity contribution is -0.138. The molecule has 2 rings (SSSR count). The first kappa shape index (κ1) is 10.7. The Morgan fingerprint density at radius 1 is 1.60 bits per heavy atom. The number of carbonyl (C=O) groups is 1. The maximum atomic E-state index is 11.4. The average molecular weight is 208 g/mol. The van der Waals surface area contributed by atoms with E-state index < -0.39 is 0 Å². The molecule has 1 saturated heterocycles. The molecular formula is C13H20O2. The molecule has 3 unspecified atom stereocenters. The van der Waals surface area contributed by atoms with E-state index in [1.165, 1.54) is 19.3 Å². The monoisotopic (exact) mass is 208 g/mol. The van der Waals surface area contributed by atoms with Gasteiger partial charge in [0.1, 0.15) is 5.76 Å². The van der Waals surface area contributed by atoms with Gasteiger partial charge in [0.05, 0.1) is 5.92 Å². The van der Waals surface area contributed by atoms with Gasteiger partial charge in [0, 0.05) is 5.92 Å². The van der Waals surface area contributed by atoms with Crippen LogP contribution in [-0.4, -0.2) is 5.97 Å². The van der Waals surface area contributed by atoms with E-state index in [0.717, 1.165) is 12.2 Å². The van der Waals surface area contributed by atoms with Gasteiger partial charge in [-0.2, -0.15) is 0 Å². The Hall–Kier alpha value is -0.790. The van der Waals surface area contributed by atoms with Crippen molar-refractivity contribution in [2.75, 3.05) is 0 Å². The van der Waals surface area contributed by atoms with Gasteiger partial charge in [-0.1, -0.05) is 27.2 Å². The average Bonchev–Trinajstić information content (AvgIpc) is 2.42. The van der Waals surface area contributed by atoms with Crippen molar-refractivity contribution in [3.05, 3.63) is 11.8 Å². The summed E-state index contributed by atoms with van der Waals surface area (Å²) in [5, 5.41) is 0. The number of carbonyl (C=O) groups excluding carboxylic acids is 1. The van der Waals surface area contributed by atoms with Gasteiger partial charge >= 0.3 is 5.97 Å². The summed E-state index contributed by atoms with van der Waals surface area (Å²) in [5.74, 6) is 1.35. The van der Waals surface area contributed by atoms with E-state index >= 15 is 0 Å². The van der Waals surface area contributed by atoms with Gasteiger partial charge < -0.3 is 4.74 Å². The van der Waals surface area contributed by atoms with Crippen LogP contribution in [0.2, 0.25) is 0 Å². The molecule has 0 aromatic rings. The van der Waals surface area contributed by atoms with Crippen molar-refractivity contribution < 1.29 is 9.53 Å². The van der Waals surface area contributed by atoms with Crippen molar-refractivity contribution in [2.45, 2.75) is 46.5 Å². The standard InChI is InChI=1S/C13H20O2/c1-4-6-13(3)7-5-10-9(2)12(14)15-11(10)8-13/h8-10H,4-7H2,1-3H3. The molecule has 0 spiro atoms. The van der Waals surface area contributed by atoms with Crippen molar-refractivity contribution in [3.63, 3.8) is 0 Å². The first-order chi connectivity index (χ1) is 7.06. The zero-order valence-electron chi connectivity index (χ0n) is 9.88. The van der Waals surface area contributed by atoms with Crippen LogP contribution in [0.3, 0.4) is 0 Å². The van der Waals surface area contributed by atoms with Crippen LogP contribution >= 0.6 is 0 Å². The molecule has 0 bridgehead atoms. The first-order valence-corrected chi connectivity index (χ1v) is 6.00. The molecule has 0 aromatic heterocycles. The van der Waals surface area contributed by atoms with E-state index in [1.807, 2.05) is 6.92 Å². The molecule has 1 fully saturated rings. The third-order valence-corrected chi connectivity index (χ3v) is 3.90. The van der Waals surface area contributed by atoms with Gasteiger partial charge in [-0.25, -0.2) is 0 Å². The molecule has 1 aliphatic carbocycles. The normalized spacial score (nSPS) is 39.7. The van der Waals surface area contributed by atoms with Gasteiger partial charge in [-0.3, -0.25) is 4.79 Å². The minimum absolute atomic E-state index is 0.0352. The van der Waals surface area contributed by atoms with E-state index in [0.29, 0.717) is 5.92 Å². The second kappa shape index (κ2) is 3.66. The highest BCUT2D eigenvalue weighted by atomic mass is 16.5. The third-order valence-electron chi connectivity index (χ3n) is 3.90. The van der Waals surface area contributed by atoms with E-state index in [4.69, 9.17) is 4.74 Å². The number of rotatable bonds is 2. The van der Waals surface area contributed by atoms with Crippen molar-refractivity contribution in [1.29, 1.82) is 0 Å². The number of ether oxygens (including phenoxy) is 1. The maximum Gasteiger partial charge on any atom is 0.314 e. The van der Waals surface area contributed by atoms with Crippen molar-refractivity contribution >= 4 is 5.97 Å². The Morgan fingerprint density at radius 3 is 3.00 bits per heavy atom. The summed E-state index contributed by atoms with van der Waals surface area (Å²) in [6.45, 7) is 6.46. The molecule has 2 nitrogen and oxygen atoms in total. The summed E-state index contributed by atoms with van der Waals surface area (Å²) in [6.07, 6.45) is 6.89. The van der Waals surface area contributed by atoms with Crippen LogP contribution in [0, 0.1) is 17.3 Å². The topological polar surface area (TPSA) is 26.3 Å². The highest BCUT2D eigenvalue weighted by Crippen LogP contribution is 2.46. The summed E-state index contributed by atoms with van der Waals surface area (Å²) in [6, 6.07) is 0. The smallest absolute Gasteiger partial charge is 0.314 e. The fourth-order valence-corrected chi connectivity index (χ4v) is 2.89. The van der Waals surface area contributed by atoms with E-state index in [-0.39, 0.29) is 17.3 Å². The van der Waals surface area contributed by atoms with Crippen LogP contribution in [0.1, 0.15) is 46.5 Å². The van der Waals surface area contributed by atoms with Gasteiger partial charge in [0.25, 0.3) is 0 Å². The Labute approximate surface area is 91.7 Å². The van der Waals surface area contributed by atoms with Crippen LogP contribution in [0.15, 0.2) is 11.8 Å². The number of fused-ring (bicyclic) bond motifs is 1. The van der Waals surface area contributed by atoms with E-state index in [1.54, 1.807) is 0 Å². The Bertz CT molecular complexity index is 306. The van der Waals surface area contributed by atoms with Crippen LogP contribution < -0.4 is 0 Å². The molecule has 0 saturated carbocycles. The highest BCUT2D eigenvalue weighted by Gasteiger charge is 2.42. The van der Waals surface area contributed by atoms with E-state index in [2.05, 4.69) is 19.9 Å². The number of hydrogen-bond donors (Lipinski definition) is 0. The maximum absolute atomic E-state index is 11.4. The molecule has 1 aliphatic heterocycles. The summed E-state index contributed by atoms with van der Waals surface area (Å²) < 4.78 is 5.34. The quantitative estimate of drug-likeness (QED) is 0.651. The predicted molar refractivity (Wildman–Crippen MR) is 59.1 cm³/mol. The molecule has 1 heterocycles. The molecule has 3 atom stereocenters. The predicted octanol–water partition coefficient (Wildman–Crippen LogP) is 3.28. The lowest BCUT2D eigenvalue weighted by atomic mass is 9.72. The Kier molecular flexibility index (Phi) is 2.61. The zero-order valence-corrected chi connectivity index (χ0v) is 9.88. The molecule has 0 radical (unpaired) electrons. The number of hydrogen-bond acceptors (Lipinski definition) is 2. The molecule has 15 heavy (non-hydrogen) atoms. The fourth-order valence-electron chi connectivity index (χ4n) is 2.89. The van der Waals surface area contributed by atoms with Crippen molar-refractivity contribution in [2.24, 2.45) is 17.3 Å². The Morgan fingerprint density at radius 2 is 2.33 bits per heavy atom. The second-order valence-electron chi connectivity index (χ2n) is 5.31. The van der Waals surface area contributed by atoms with Crippen LogP contribution in [-0.2, 0) is 9.53 Å². The molecular weight excluding hydrogens is 188 g/mol. The summed E-state index contributed by atoms with van der Waals surface area (Å²) in [4.78, 5) is 11.4. The van der Waals surface area contributed by atoms with Crippen LogP contribution in [0.25, 0.3) is 0 Å². The Balaban J connectivity index is 2.21. The minimum atomic E-state index is -0.0352. The van der Waals surface area contributed by atoms with Crippen molar-refractivity contribution in [3.8, 4) is 0 Å².